The second-order valence-corrected chi connectivity index (χ2v) is 10.6. The first-order chi connectivity index (χ1) is 15.4. The van der Waals surface area contributed by atoms with Crippen LogP contribution in [0.1, 0.15) is 128 Å². The zero-order valence-corrected chi connectivity index (χ0v) is 24.7. The van der Waals surface area contributed by atoms with Crippen LogP contribution < -0.4 is 34.3 Å². The molecule has 6 heteroatoms. The number of hydrogen-bond donors (Lipinski definition) is 0. The molecule has 0 amide bonds. The van der Waals surface area contributed by atoms with Crippen LogP contribution in [0.5, 0.6) is 5.75 Å². The third kappa shape index (κ3) is 15.5. The summed E-state index contributed by atoms with van der Waals surface area (Å²) in [6, 6.07) is 6.08. The standard InChI is InChI=1S/C27H48O4S.Na/c1-4-7-9-11-13-15-17-19-24-21-22-26(31-27(6-3)32(28,29)30)25(23-24)20-18-16-14-12-10-8-5-2;/h21-23,27H,4-20H2,1-3H3,(H,28,29,30);/q;+1/p-1. The van der Waals surface area contributed by atoms with Crippen molar-refractivity contribution in [1.82, 2.24) is 0 Å². The first-order valence-electron chi connectivity index (χ1n) is 13.2. The number of benzene rings is 1. The molecule has 186 valence electrons. The average molecular weight is 491 g/mol. The van der Waals surface area contributed by atoms with Gasteiger partial charge in [0.15, 0.2) is 5.44 Å². The second kappa shape index (κ2) is 20.2. The molecule has 0 aliphatic rings. The molecule has 0 aromatic heterocycles. The van der Waals surface area contributed by atoms with Gasteiger partial charge in [0.2, 0.25) is 0 Å². The Bertz CT molecular complexity index is 706. The maximum atomic E-state index is 11.5. The van der Waals surface area contributed by atoms with Crippen LogP contribution in [0.15, 0.2) is 18.2 Å². The van der Waals surface area contributed by atoms with E-state index in [1.807, 2.05) is 12.1 Å². The van der Waals surface area contributed by atoms with E-state index in [1.165, 1.54) is 89.0 Å². The largest absolute Gasteiger partial charge is 1.00 e. The van der Waals surface area contributed by atoms with Crippen molar-refractivity contribution >= 4 is 10.1 Å². The first-order valence-corrected chi connectivity index (χ1v) is 14.6. The van der Waals surface area contributed by atoms with E-state index in [2.05, 4.69) is 19.9 Å². The van der Waals surface area contributed by atoms with Gasteiger partial charge in [0.25, 0.3) is 0 Å². The van der Waals surface area contributed by atoms with Crippen molar-refractivity contribution < 1.29 is 47.3 Å². The zero-order valence-electron chi connectivity index (χ0n) is 21.9. The molecular formula is C27H47NaO4S. The van der Waals surface area contributed by atoms with E-state index in [0.717, 1.165) is 24.8 Å². The summed E-state index contributed by atoms with van der Waals surface area (Å²) in [5.74, 6) is 0.561. The number of aryl methyl sites for hydroxylation is 2. The average Bonchev–Trinajstić information content (AvgIpc) is 2.76. The van der Waals surface area contributed by atoms with E-state index in [1.54, 1.807) is 6.92 Å². The van der Waals surface area contributed by atoms with Gasteiger partial charge >= 0.3 is 29.6 Å². The molecule has 0 spiro atoms. The molecule has 4 nitrogen and oxygen atoms in total. The minimum atomic E-state index is -4.48. The van der Waals surface area contributed by atoms with Crippen LogP contribution in [0.2, 0.25) is 0 Å². The maximum absolute atomic E-state index is 11.5. The summed E-state index contributed by atoms with van der Waals surface area (Å²) in [7, 11) is -4.48. The first kappa shape index (κ1) is 32.9. The number of hydrogen-bond acceptors (Lipinski definition) is 4. The van der Waals surface area contributed by atoms with Crippen LogP contribution in [0.3, 0.4) is 0 Å². The summed E-state index contributed by atoms with van der Waals surface area (Å²) >= 11 is 0. The minimum absolute atomic E-state index is 0. The second-order valence-electron chi connectivity index (χ2n) is 9.13. The molecule has 1 atom stereocenters. The Morgan fingerprint density at radius 1 is 0.758 bits per heavy atom. The van der Waals surface area contributed by atoms with Crippen molar-refractivity contribution in [3.05, 3.63) is 29.3 Å². The molecule has 0 aliphatic carbocycles. The van der Waals surface area contributed by atoms with Gasteiger partial charge in [-0.15, -0.1) is 0 Å². The predicted octanol–water partition coefficient (Wildman–Crippen LogP) is 4.94. The van der Waals surface area contributed by atoms with Crippen LogP contribution in [0.4, 0.5) is 0 Å². The summed E-state index contributed by atoms with van der Waals surface area (Å²) in [6.07, 6.45) is 19.7. The van der Waals surface area contributed by atoms with Gasteiger partial charge in [-0.2, -0.15) is 0 Å². The zero-order chi connectivity index (χ0) is 23.7. The van der Waals surface area contributed by atoms with Gasteiger partial charge in [0.1, 0.15) is 15.9 Å². The van der Waals surface area contributed by atoms with Gasteiger partial charge in [0, 0.05) is 0 Å². The van der Waals surface area contributed by atoms with E-state index in [0.29, 0.717) is 5.75 Å². The summed E-state index contributed by atoms with van der Waals surface area (Å²) < 4.78 is 40.3. The quantitative estimate of drug-likeness (QED) is 0.148. The van der Waals surface area contributed by atoms with Crippen molar-refractivity contribution in [3.63, 3.8) is 0 Å². The van der Waals surface area contributed by atoms with E-state index < -0.39 is 15.6 Å². The van der Waals surface area contributed by atoms with E-state index in [9.17, 15) is 13.0 Å². The maximum Gasteiger partial charge on any atom is 1.00 e. The summed E-state index contributed by atoms with van der Waals surface area (Å²) in [5.41, 5.74) is 1.01. The van der Waals surface area contributed by atoms with Crippen LogP contribution in [-0.2, 0) is 23.0 Å². The van der Waals surface area contributed by atoms with Gasteiger partial charge in [-0.25, -0.2) is 8.42 Å². The van der Waals surface area contributed by atoms with Crippen LogP contribution >= 0.6 is 0 Å². The van der Waals surface area contributed by atoms with Crippen LogP contribution in [-0.4, -0.2) is 18.4 Å². The molecule has 1 aromatic carbocycles. The third-order valence-electron chi connectivity index (χ3n) is 6.16. The van der Waals surface area contributed by atoms with Crippen LogP contribution in [0, 0.1) is 0 Å². The number of rotatable bonds is 20. The Balaban J connectivity index is 0.0000102. The molecule has 33 heavy (non-hydrogen) atoms. The molecule has 0 fully saturated rings. The minimum Gasteiger partial charge on any atom is -0.745 e. The Kier molecular flexibility index (Phi) is 20.1. The van der Waals surface area contributed by atoms with E-state index >= 15 is 0 Å². The fourth-order valence-corrected chi connectivity index (χ4v) is 4.78. The number of ether oxygens (including phenoxy) is 1. The number of unbranched alkanes of at least 4 members (excludes halogenated alkanes) is 12. The van der Waals surface area contributed by atoms with Crippen molar-refractivity contribution in [2.75, 3.05) is 0 Å². The van der Waals surface area contributed by atoms with Crippen molar-refractivity contribution in [3.8, 4) is 5.75 Å². The molecule has 0 radical (unpaired) electrons. The Morgan fingerprint density at radius 2 is 1.24 bits per heavy atom. The molecule has 0 N–H and O–H groups in total. The monoisotopic (exact) mass is 490 g/mol. The van der Waals surface area contributed by atoms with Crippen molar-refractivity contribution in [1.29, 1.82) is 0 Å². The molecule has 0 saturated carbocycles. The van der Waals surface area contributed by atoms with Gasteiger partial charge in [-0.3, -0.25) is 0 Å². The molecule has 1 unspecified atom stereocenters. The Morgan fingerprint density at radius 3 is 1.73 bits per heavy atom. The molecule has 0 heterocycles. The Hall–Kier alpha value is -0.0700. The predicted molar refractivity (Wildman–Crippen MR) is 134 cm³/mol. The van der Waals surface area contributed by atoms with Gasteiger partial charge in [0.05, 0.1) is 0 Å². The smallest absolute Gasteiger partial charge is 0.745 e. The van der Waals surface area contributed by atoms with E-state index in [4.69, 9.17) is 4.74 Å². The van der Waals surface area contributed by atoms with Crippen LogP contribution in [0.25, 0.3) is 0 Å². The van der Waals surface area contributed by atoms with Gasteiger partial charge in [-0.05, 0) is 49.3 Å². The molecule has 0 bridgehead atoms. The SMILES string of the molecule is CCCCCCCCCc1ccc(OC(CC)S(=O)(=O)[O-])c(CCCCCCCCC)c1.[Na+]. The van der Waals surface area contributed by atoms with Gasteiger partial charge < -0.3 is 9.29 Å². The van der Waals surface area contributed by atoms with Crippen molar-refractivity contribution in [2.45, 2.75) is 135 Å². The fourth-order valence-electron chi connectivity index (χ4n) is 4.15. The molecule has 1 aromatic rings. The molecule has 1 rings (SSSR count). The third-order valence-corrected chi connectivity index (χ3v) is 7.23. The molecular weight excluding hydrogens is 443 g/mol. The summed E-state index contributed by atoms with van der Waals surface area (Å²) in [4.78, 5) is 0. The molecule has 0 aliphatic heterocycles. The fraction of sp³-hybridized carbons (Fsp3) is 0.778. The van der Waals surface area contributed by atoms with Gasteiger partial charge in [-0.1, -0.05) is 110 Å². The van der Waals surface area contributed by atoms with Crippen molar-refractivity contribution in [2.24, 2.45) is 0 Å². The summed E-state index contributed by atoms with van der Waals surface area (Å²) in [5, 5.41) is 0. The molecule has 0 saturated heterocycles. The van der Waals surface area contributed by atoms with E-state index in [-0.39, 0.29) is 36.0 Å². The normalized spacial score (nSPS) is 12.4. The summed E-state index contributed by atoms with van der Waals surface area (Å²) in [6.45, 7) is 6.14. The Labute approximate surface area is 226 Å². The topological polar surface area (TPSA) is 66.4 Å².